The molecule has 74 valence electrons. The quantitative estimate of drug-likeness (QED) is 0.659. The third kappa shape index (κ3) is 3.33. The van der Waals surface area contributed by atoms with Gasteiger partial charge in [0, 0.05) is 25.6 Å². The first kappa shape index (κ1) is 10.5. The van der Waals surface area contributed by atoms with Crippen molar-refractivity contribution in [3.63, 3.8) is 0 Å². The highest BCUT2D eigenvalue weighted by molar-refractivity contribution is 4.78. The summed E-state index contributed by atoms with van der Waals surface area (Å²) in [6.07, 6.45) is 3.01. The number of nitriles is 1. The maximum atomic E-state index is 8.50. The van der Waals surface area contributed by atoms with Gasteiger partial charge in [-0.15, -0.1) is 0 Å². The van der Waals surface area contributed by atoms with Crippen LogP contribution < -0.4 is 0 Å². The standard InChI is InChI=1S/C10H18N2O/c1-2-12(7-4-6-11)10-5-3-8-13-9-10/h10H,2-5,7-9H2,1H3. The maximum Gasteiger partial charge on any atom is 0.0635 e. The van der Waals surface area contributed by atoms with Crippen LogP contribution in [-0.2, 0) is 4.74 Å². The molecule has 13 heavy (non-hydrogen) atoms. The minimum absolute atomic E-state index is 0.548. The molecule has 0 saturated carbocycles. The van der Waals surface area contributed by atoms with Crippen LogP contribution in [0.4, 0.5) is 0 Å². The molecule has 1 heterocycles. The second kappa shape index (κ2) is 5.95. The smallest absolute Gasteiger partial charge is 0.0635 e. The summed E-state index contributed by atoms with van der Waals surface area (Å²) in [7, 11) is 0. The molecule has 1 atom stereocenters. The van der Waals surface area contributed by atoms with Crippen molar-refractivity contribution in [2.24, 2.45) is 0 Å². The van der Waals surface area contributed by atoms with E-state index >= 15 is 0 Å². The molecule has 0 aliphatic carbocycles. The van der Waals surface area contributed by atoms with Crippen LogP contribution in [0.25, 0.3) is 0 Å². The first-order chi connectivity index (χ1) is 6.38. The van der Waals surface area contributed by atoms with E-state index in [2.05, 4.69) is 17.9 Å². The van der Waals surface area contributed by atoms with Crippen molar-refractivity contribution in [1.29, 1.82) is 5.26 Å². The Bertz CT molecular complexity index is 170. The molecule has 3 heteroatoms. The van der Waals surface area contributed by atoms with Crippen LogP contribution in [0, 0.1) is 11.3 Å². The fourth-order valence-corrected chi connectivity index (χ4v) is 1.80. The summed E-state index contributed by atoms with van der Waals surface area (Å²) >= 11 is 0. The minimum Gasteiger partial charge on any atom is -0.380 e. The summed E-state index contributed by atoms with van der Waals surface area (Å²) in [5.41, 5.74) is 0. The van der Waals surface area contributed by atoms with E-state index in [-0.39, 0.29) is 0 Å². The van der Waals surface area contributed by atoms with Crippen LogP contribution in [0.5, 0.6) is 0 Å². The Morgan fingerprint density at radius 1 is 1.62 bits per heavy atom. The lowest BCUT2D eigenvalue weighted by atomic mass is 10.1. The summed E-state index contributed by atoms with van der Waals surface area (Å²) in [5.74, 6) is 0. The Balaban J connectivity index is 2.31. The monoisotopic (exact) mass is 182 g/mol. The summed E-state index contributed by atoms with van der Waals surface area (Å²) in [4.78, 5) is 2.35. The highest BCUT2D eigenvalue weighted by Crippen LogP contribution is 2.13. The maximum absolute atomic E-state index is 8.50. The molecular weight excluding hydrogens is 164 g/mol. The SMILES string of the molecule is CCN(CCC#N)C1CCCOC1. The number of hydrogen-bond acceptors (Lipinski definition) is 3. The lowest BCUT2D eigenvalue weighted by Crippen LogP contribution is -2.41. The zero-order chi connectivity index (χ0) is 9.52. The van der Waals surface area contributed by atoms with Crippen LogP contribution in [-0.4, -0.2) is 37.2 Å². The van der Waals surface area contributed by atoms with Gasteiger partial charge in [-0.3, -0.25) is 4.90 Å². The molecule has 0 spiro atoms. The van der Waals surface area contributed by atoms with Gasteiger partial charge in [-0.25, -0.2) is 0 Å². The molecule has 0 N–H and O–H groups in total. The van der Waals surface area contributed by atoms with E-state index in [1.165, 1.54) is 6.42 Å². The van der Waals surface area contributed by atoms with Crippen molar-refractivity contribution in [1.82, 2.24) is 4.90 Å². The molecule has 0 radical (unpaired) electrons. The lowest BCUT2D eigenvalue weighted by Gasteiger charge is -2.32. The molecule has 0 aromatic rings. The van der Waals surface area contributed by atoms with Crippen molar-refractivity contribution >= 4 is 0 Å². The minimum atomic E-state index is 0.548. The van der Waals surface area contributed by atoms with E-state index in [4.69, 9.17) is 10.00 Å². The predicted molar refractivity (Wildman–Crippen MR) is 51.3 cm³/mol. The van der Waals surface area contributed by atoms with Gasteiger partial charge < -0.3 is 4.74 Å². The molecule has 0 bridgehead atoms. The summed E-state index contributed by atoms with van der Waals surface area (Å²) in [6, 6.07) is 2.74. The predicted octanol–water partition coefficient (Wildman–Crippen LogP) is 1.40. The highest BCUT2D eigenvalue weighted by atomic mass is 16.5. The molecule has 1 saturated heterocycles. The van der Waals surface area contributed by atoms with Gasteiger partial charge in [0.05, 0.1) is 12.7 Å². The third-order valence-corrected chi connectivity index (χ3v) is 2.57. The van der Waals surface area contributed by atoms with E-state index in [1.54, 1.807) is 0 Å². The van der Waals surface area contributed by atoms with Crippen molar-refractivity contribution in [2.75, 3.05) is 26.3 Å². The normalized spacial score (nSPS) is 23.0. The van der Waals surface area contributed by atoms with Gasteiger partial charge in [0.2, 0.25) is 0 Å². The molecule has 0 aromatic heterocycles. The molecule has 0 amide bonds. The molecule has 1 aliphatic heterocycles. The van der Waals surface area contributed by atoms with Gasteiger partial charge in [-0.05, 0) is 19.4 Å². The van der Waals surface area contributed by atoms with Gasteiger partial charge >= 0.3 is 0 Å². The second-order valence-corrected chi connectivity index (χ2v) is 3.41. The number of hydrogen-bond donors (Lipinski definition) is 0. The molecule has 0 aromatic carbocycles. The van der Waals surface area contributed by atoms with E-state index in [0.29, 0.717) is 12.5 Å². The van der Waals surface area contributed by atoms with Gasteiger partial charge in [0.25, 0.3) is 0 Å². The van der Waals surface area contributed by atoms with Crippen molar-refractivity contribution in [2.45, 2.75) is 32.2 Å². The molecule has 1 fully saturated rings. The largest absolute Gasteiger partial charge is 0.380 e. The molecular formula is C10H18N2O. The number of nitrogens with zero attached hydrogens (tertiary/aromatic N) is 2. The van der Waals surface area contributed by atoms with Crippen LogP contribution in [0.3, 0.4) is 0 Å². The van der Waals surface area contributed by atoms with Gasteiger partial charge in [-0.1, -0.05) is 6.92 Å². The fourth-order valence-electron chi connectivity index (χ4n) is 1.80. The lowest BCUT2D eigenvalue weighted by molar-refractivity contribution is 0.0205. The Hall–Kier alpha value is -0.590. The zero-order valence-corrected chi connectivity index (χ0v) is 8.33. The molecule has 1 rings (SSSR count). The number of likely N-dealkylation sites (N-methyl/N-ethyl adjacent to an activating group) is 1. The number of rotatable bonds is 4. The Morgan fingerprint density at radius 3 is 3.00 bits per heavy atom. The fraction of sp³-hybridized carbons (Fsp3) is 0.900. The van der Waals surface area contributed by atoms with E-state index in [1.807, 2.05) is 0 Å². The van der Waals surface area contributed by atoms with Crippen molar-refractivity contribution in [3.8, 4) is 6.07 Å². The summed E-state index contributed by atoms with van der Waals surface area (Å²) in [6.45, 7) is 5.81. The van der Waals surface area contributed by atoms with Crippen LogP contribution >= 0.6 is 0 Å². The van der Waals surface area contributed by atoms with Crippen molar-refractivity contribution in [3.05, 3.63) is 0 Å². The van der Waals surface area contributed by atoms with Crippen molar-refractivity contribution < 1.29 is 4.74 Å². The summed E-state index contributed by atoms with van der Waals surface area (Å²) < 4.78 is 5.42. The summed E-state index contributed by atoms with van der Waals surface area (Å²) in [5, 5.41) is 8.50. The van der Waals surface area contributed by atoms with E-state index in [0.717, 1.165) is 32.7 Å². The highest BCUT2D eigenvalue weighted by Gasteiger charge is 2.19. The van der Waals surface area contributed by atoms with Gasteiger partial charge in [0.1, 0.15) is 0 Å². The molecule has 1 aliphatic rings. The first-order valence-corrected chi connectivity index (χ1v) is 5.07. The topological polar surface area (TPSA) is 36.3 Å². The van der Waals surface area contributed by atoms with Gasteiger partial charge in [-0.2, -0.15) is 5.26 Å². The van der Waals surface area contributed by atoms with Crippen LogP contribution in [0.2, 0.25) is 0 Å². The Kier molecular flexibility index (Phi) is 4.81. The average molecular weight is 182 g/mol. The van der Waals surface area contributed by atoms with Crippen LogP contribution in [0.1, 0.15) is 26.2 Å². The van der Waals surface area contributed by atoms with Gasteiger partial charge in [0.15, 0.2) is 0 Å². The molecule has 1 unspecified atom stereocenters. The average Bonchev–Trinajstić information content (AvgIpc) is 2.21. The molecule has 3 nitrogen and oxygen atoms in total. The zero-order valence-electron chi connectivity index (χ0n) is 8.33. The van der Waals surface area contributed by atoms with E-state index < -0.39 is 0 Å². The Morgan fingerprint density at radius 2 is 2.46 bits per heavy atom. The number of ether oxygens (including phenoxy) is 1. The Labute approximate surface area is 80.3 Å². The van der Waals surface area contributed by atoms with Crippen LogP contribution in [0.15, 0.2) is 0 Å². The third-order valence-electron chi connectivity index (χ3n) is 2.57. The first-order valence-electron chi connectivity index (χ1n) is 5.07. The van der Waals surface area contributed by atoms with E-state index in [9.17, 15) is 0 Å². The second-order valence-electron chi connectivity index (χ2n) is 3.41.